The Bertz CT molecular complexity index is 912. The summed E-state index contributed by atoms with van der Waals surface area (Å²) in [6, 6.07) is 7.82. The highest BCUT2D eigenvalue weighted by Crippen LogP contribution is 2.40. The first-order valence-electron chi connectivity index (χ1n) is 9.07. The molecule has 1 aliphatic rings. The molecule has 2 N–H and O–H groups in total. The van der Waals surface area contributed by atoms with Crippen LogP contribution < -0.4 is 5.32 Å². The smallest absolute Gasteiger partial charge is 0.336 e. The number of rotatable bonds is 5. The average molecular weight is 368 g/mol. The summed E-state index contributed by atoms with van der Waals surface area (Å²) < 4.78 is 10.6. The maximum atomic E-state index is 12.7. The van der Waals surface area contributed by atoms with E-state index < -0.39 is 17.9 Å². The number of esters is 2. The van der Waals surface area contributed by atoms with E-state index in [9.17, 15) is 9.59 Å². The number of benzene rings is 1. The number of ether oxygens (including phenoxy) is 2. The zero-order valence-electron chi connectivity index (χ0n) is 16.0. The van der Waals surface area contributed by atoms with Crippen molar-refractivity contribution in [1.82, 2.24) is 10.3 Å². The fraction of sp³-hybridized carbons (Fsp3) is 0.333. The van der Waals surface area contributed by atoms with E-state index in [4.69, 9.17) is 9.47 Å². The Morgan fingerprint density at radius 3 is 2.11 bits per heavy atom. The van der Waals surface area contributed by atoms with E-state index in [0.29, 0.717) is 22.5 Å². The molecule has 6 heteroatoms. The lowest BCUT2D eigenvalue weighted by atomic mass is 9.80. The summed E-state index contributed by atoms with van der Waals surface area (Å²) in [4.78, 5) is 28.6. The molecule has 0 fully saturated rings. The van der Waals surface area contributed by atoms with E-state index in [1.807, 2.05) is 44.3 Å². The number of carbonyl (C=O) groups excluding carboxylic acids is 2. The first-order valence-corrected chi connectivity index (χ1v) is 9.07. The highest BCUT2D eigenvalue weighted by Gasteiger charge is 2.37. The third kappa shape index (κ3) is 3.47. The minimum absolute atomic E-state index is 0.261. The van der Waals surface area contributed by atoms with Gasteiger partial charge in [0.2, 0.25) is 0 Å². The van der Waals surface area contributed by atoms with Crippen LogP contribution >= 0.6 is 0 Å². The van der Waals surface area contributed by atoms with Gasteiger partial charge in [0.05, 0.1) is 30.3 Å². The molecule has 0 radical (unpaired) electrons. The van der Waals surface area contributed by atoms with Crippen molar-refractivity contribution in [3.63, 3.8) is 0 Å². The van der Waals surface area contributed by atoms with Gasteiger partial charge in [-0.25, -0.2) is 9.59 Å². The van der Waals surface area contributed by atoms with Crippen molar-refractivity contribution in [3.05, 3.63) is 58.6 Å². The van der Waals surface area contributed by atoms with Crippen LogP contribution in [0.5, 0.6) is 0 Å². The Kier molecular flexibility index (Phi) is 5.35. The Hall–Kier alpha value is -3.02. The number of aromatic amines is 1. The van der Waals surface area contributed by atoms with Crippen molar-refractivity contribution in [1.29, 1.82) is 0 Å². The molecule has 0 spiro atoms. The molecule has 2 aromatic rings. The highest BCUT2D eigenvalue weighted by molar-refractivity contribution is 6.00. The quantitative estimate of drug-likeness (QED) is 0.789. The van der Waals surface area contributed by atoms with Crippen LogP contribution in [0.15, 0.2) is 53.0 Å². The number of H-pyrrole nitrogens is 1. The summed E-state index contributed by atoms with van der Waals surface area (Å²) in [5.74, 6) is -1.42. The Morgan fingerprint density at radius 2 is 1.56 bits per heavy atom. The van der Waals surface area contributed by atoms with Crippen LogP contribution in [0.1, 0.15) is 39.2 Å². The number of carbonyl (C=O) groups is 2. The molecular formula is C21H24N2O4. The van der Waals surface area contributed by atoms with Crippen LogP contribution in [-0.4, -0.2) is 30.1 Å². The summed E-state index contributed by atoms with van der Waals surface area (Å²) in [5, 5.41) is 4.15. The highest BCUT2D eigenvalue weighted by atomic mass is 16.5. The maximum Gasteiger partial charge on any atom is 0.336 e. The van der Waals surface area contributed by atoms with Gasteiger partial charge in [0.1, 0.15) is 0 Å². The van der Waals surface area contributed by atoms with Crippen LogP contribution in [0.25, 0.3) is 10.9 Å². The van der Waals surface area contributed by atoms with Crippen molar-refractivity contribution >= 4 is 22.8 Å². The van der Waals surface area contributed by atoms with E-state index in [1.54, 1.807) is 13.8 Å². The molecule has 27 heavy (non-hydrogen) atoms. The Morgan fingerprint density at radius 1 is 0.963 bits per heavy atom. The summed E-state index contributed by atoms with van der Waals surface area (Å²) in [6.07, 6.45) is 1.86. The van der Waals surface area contributed by atoms with E-state index in [1.165, 1.54) is 0 Å². The second-order valence-corrected chi connectivity index (χ2v) is 6.40. The van der Waals surface area contributed by atoms with E-state index in [2.05, 4.69) is 10.3 Å². The van der Waals surface area contributed by atoms with Crippen LogP contribution in [0.2, 0.25) is 0 Å². The Balaban J connectivity index is 2.18. The van der Waals surface area contributed by atoms with Gasteiger partial charge < -0.3 is 19.8 Å². The third-order valence-corrected chi connectivity index (χ3v) is 4.66. The number of dihydropyridines is 1. The molecule has 0 bridgehead atoms. The van der Waals surface area contributed by atoms with Gasteiger partial charge >= 0.3 is 11.9 Å². The molecule has 2 heterocycles. The van der Waals surface area contributed by atoms with Gasteiger partial charge in [0.25, 0.3) is 0 Å². The molecule has 1 aromatic heterocycles. The molecule has 1 aromatic carbocycles. The zero-order chi connectivity index (χ0) is 19.6. The molecular weight excluding hydrogens is 344 g/mol. The monoisotopic (exact) mass is 368 g/mol. The van der Waals surface area contributed by atoms with Crippen LogP contribution in [0, 0.1) is 0 Å². The van der Waals surface area contributed by atoms with Crippen molar-refractivity contribution in [3.8, 4) is 0 Å². The maximum absolute atomic E-state index is 12.7. The summed E-state index contributed by atoms with van der Waals surface area (Å²) in [5.41, 5.74) is 4.05. The third-order valence-electron chi connectivity index (χ3n) is 4.66. The van der Waals surface area contributed by atoms with Crippen molar-refractivity contribution in [2.24, 2.45) is 0 Å². The van der Waals surface area contributed by atoms with Gasteiger partial charge in [-0.15, -0.1) is 0 Å². The largest absolute Gasteiger partial charge is 0.463 e. The van der Waals surface area contributed by atoms with Gasteiger partial charge in [0.15, 0.2) is 0 Å². The summed E-state index contributed by atoms with van der Waals surface area (Å²) >= 11 is 0. The molecule has 0 saturated carbocycles. The van der Waals surface area contributed by atoms with Gasteiger partial charge in [-0.3, -0.25) is 0 Å². The van der Waals surface area contributed by atoms with Crippen molar-refractivity contribution < 1.29 is 19.1 Å². The number of hydrogen-bond donors (Lipinski definition) is 2. The van der Waals surface area contributed by atoms with Gasteiger partial charge in [-0.1, -0.05) is 6.07 Å². The fourth-order valence-corrected chi connectivity index (χ4v) is 3.54. The molecule has 1 aliphatic heterocycles. The first kappa shape index (κ1) is 18.8. The van der Waals surface area contributed by atoms with Crippen LogP contribution in [0.3, 0.4) is 0 Å². The second-order valence-electron chi connectivity index (χ2n) is 6.40. The second kappa shape index (κ2) is 7.70. The zero-order valence-corrected chi connectivity index (χ0v) is 16.0. The van der Waals surface area contributed by atoms with Gasteiger partial charge in [0, 0.05) is 23.1 Å². The normalized spacial score (nSPS) is 15.1. The topological polar surface area (TPSA) is 80.4 Å². The molecule has 6 nitrogen and oxygen atoms in total. The number of nitrogens with one attached hydrogen (secondary N) is 2. The molecule has 0 aliphatic carbocycles. The minimum atomic E-state index is -0.552. The predicted molar refractivity (Wildman–Crippen MR) is 103 cm³/mol. The summed E-state index contributed by atoms with van der Waals surface area (Å²) in [7, 11) is 0. The lowest BCUT2D eigenvalue weighted by molar-refractivity contribution is -0.139. The fourth-order valence-electron chi connectivity index (χ4n) is 3.54. The first-order chi connectivity index (χ1) is 13.0. The van der Waals surface area contributed by atoms with Crippen LogP contribution in [0.4, 0.5) is 0 Å². The predicted octanol–water partition coefficient (Wildman–Crippen LogP) is 3.53. The van der Waals surface area contributed by atoms with E-state index >= 15 is 0 Å². The van der Waals surface area contributed by atoms with Crippen molar-refractivity contribution in [2.75, 3.05) is 13.2 Å². The van der Waals surface area contributed by atoms with Crippen molar-refractivity contribution in [2.45, 2.75) is 33.6 Å². The number of aromatic nitrogens is 1. The van der Waals surface area contributed by atoms with E-state index in [-0.39, 0.29) is 13.2 Å². The number of allylic oxidation sites excluding steroid dienone is 2. The SMILES string of the molecule is CCOC(=O)C1=C(C)NC(C)=C(C(=O)OCC)C1c1ccc2[nH]ccc2c1. The number of fused-ring (bicyclic) bond motifs is 1. The minimum Gasteiger partial charge on any atom is -0.463 e. The average Bonchev–Trinajstić information content (AvgIpc) is 3.08. The Labute approximate surface area is 158 Å². The van der Waals surface area contributed by atoms with Gasteiger partial charge in [-0.05, 0) is 56.8 Å². The molecule has 142 valence electrons. The summed E-state index contributed by atoms with van der Waals surface area (Å²) in [6.45, 7) is 7.68. The lowest BCUT2D eigenvalue weighted by Gasteiger charge is -2.30. The molecule has 3 rings (SSSR count). The molecule has 0 unspecified atom stereocenters. The van der Waals surface area contributed by atoms with E-state index in [0.717, 1.165) is 16.5 Å². The van der Waals surface area contributed by atoms with Crippen LogP contribution in [-0.2, 0) is 19.1 Å². The lowest BCUT2D eigenvalue weighted by Crippen LogP contribution is -2.32. The molecule has 0 amide bonds. The van der Waals surface area contributed by atoms with Gasteiger partial charge in [-0.2, -0.15) is 0 Å². The molecule has 0 saturated heterocycles. The number of hydrogen-bond acceptors (Lipinski definition) is 5. The molecule has 0 atom stereocenters. The standard InChI is InChI=1S/C21H24N2O4/c1-5-26-20(24)17-12(3)23-13(4)18(21(25)27-6-2)19(17)15-7-8-16-14(11-15)9-10-22-16/h7-11,19,22-23H,5-6H2,1-4H3.